The average Bonchev–Trinajstić information content (AvgIpc) is 2.69. The van der Waals surface area contributed by atoms with Crippen molar-refractivity contribution in [2.24, 2.45) is 5.73 Å². The number of carbonyl (C=O) groups excluding carboxylic acids is 1. The predicted molar refractivity (Wildman–Crippen MR) is 107 cm³/mol. The average molecular weight is 382 g/mol. The van der Waals surface area contributed by atoms with Gasteiger partial charge in [-0.15, -0.1) is 0 Å². The van der Waals surface area contributed by atoms with Crippen molar-refractivity contribution in [2.45, 2.75) is 44.6 Å². The van der Waals surface area contributed by atoms with Crippen molar-refractivity contribution in [3.05, 3.63) is 65.5 Å². The van der Waals surface area contributed by atoms with Gasteiger partial charge in [0.25, 0.3) is 0 Å². The molecule has 0 fully saturated rings. The Balaban J connectivity index is 2.22. The number of unbranched alkanes of at least 4 members (excludes halogenated alkanes) is 1. The van der Waals surface area contributed by atoms with Crippen LogP contribution in [-0.2, 0) is 16.0 Å². The fourth-order valence-corrected chi connectivity index (χ4v) is 2.94. The van der Waals surface area contributed by atoms with E-state index in [0.29, 0.717) is 18.4 Å². The fraction of sp³-hybridized carbons (Fsp3) is 0.333. The minimum atomic E-state index is -1.03. The van der Waals surface area contributed by atoms with Gasteiger partial charge in [0.15, 0.2) is 0 Å². The van der Waals surface area contributed by atoms with Gasteiger partial charge in [-0.05, 0) is 30.0 Å². The van der Waals surface area contributed by atoms with E-state index in [1.165, 1.54) is 0 Å². The molecule has 0 aliphatic carbocycles. The SMILES string of the molecule is CCCCC(NC(=O)[C@@H](Cc1ccc(C(=N)N)cc1)c1cccnc1)C(=O)O. The number of nitrogens with two attached hydrogens (primary N) is 1. The molecule has 2 rings (SSSR count). The molecule has 0 aliphatic heterocycles. The van der Waals surface area contributed by atoms with Crippen LogP contribution in [0.25, 0.3) is 0 Å². The first-order valence-electron chi connectivity index (χ1n) is 9.28. The van der Waals surface area contributed by atoms with Crippen molar-refractivity contribution in [3.8, 4) is 0 Å². The molecular weight excluding hydrogens is 356 g/mol. The number of hydrogen-bond donors (Lipinski definition) is 4. The topological polar surface area (TPSA) is 129 Å². The number of hydrogen-bond acceptors (Lipinski definition) is 4. The molecule has 0 saturated heterocycles. The first-order valence-corrected chi connectivity index (χ1v) is 9.28. The van der Waals surface area contributed by atoms with Gasteiger partial charge >= 0.3 is 5.97 Å². The maximum absolute atomic E-state index is 12.9. The Morgan fingerprint density at radius 2 is 1.96 bits per heavy atom. The Kier molecular flexibility index (Phi) is 7.68. The normalized spacial score (nSPS) is 12.8. The molecule has 148 valence electrons. The molecule has 0 radical (unpaired) electrons. The van der Waals surface area contributed by atoms with E-state index in [4.69, 9.17) is 11.1 Å². The number of carboxylic acid groups (broad SMARTS) is 1. The first kappa shape index (κ1) is 21.1. The van der Waals surface area contributed by atoms with E-state index in [1.807, 2.05) is 25.1 Å². The van der Waals surface area contributed by atoms with Gasteiger partial charge in [0, 0.05) is 18.0 Å². The number of aliphatic carboxylic acids is 1. The largest absolute Gasteiger partial charge is 0.480 e. The summed E-state index contributed by atoms with van der Waals surface area (Å²) in [6, 6.07) is 9.75. The zero-order valence-electron chi connectivity index (χ0n) is 15.9. The lowest BCUT2D eigenvalue weighted by atomic mass is 9.91. The van der Waals surface area contributed by atoms with Crippen molar-refractivity contribution < 1.29 is 14.7 Å². The second kappa shape index (κ2) is 10.2. The number of amides is 1. The second-order valence-electron chi connectivity index (χ2n) is 6.70. The van der Waals surface area contributed by atoms with E-state index in [2.05, 4.69) is 10.3 Å². The molecule has 0 saturated carbocycles. The van der Waals surface area contributed by atoms with Crippen LogP contribution in [0.5, 0.6) is 0 Å². The number of pyridine rings is 1. The third-order valence-corrected chi connectivity index (χ3v) is 4.57. The number of rotatable bonds is 10. The predicted octanol–water partition coefficient (Wildman–Crippen LogP) is 2.45. The van der Waals surface area contributed by atoms with E-state index in [1.54, 1.807) is 30.6 Å². The standard InChI is InChI=1S/C21H26N4O3/c1-2-3-6-18(21(27)28)25-20(26)17(16-5-4-11-24-13-16)12-14-7-9-15(10-8-14)19(22)23/h4-5,7-11,13,17-18H,2-3,6,12H2,1H3,(H3,22,23)(H,25,26)(H,27,28)/t17-,18?/m0/s1. The molecule has 1 amide bonds. The number of nitrogens with zero attached hydrogens (tertiary/aromatic N) is 1. The van der Waals surface area contributed by atoms with Gasteiger partial charge in [-0.1, -0.05) is 50.1 Å². The lowest BCUT2D eigenvalue weighted by Crippen LogP contribution is -2.43. The Labute approximate surface area is 164 Å². The fourth-order valence-electron chi connectivity index (χ4n) is 2.94. The van der Waals surface area contributed by atoms with Crippen LogP contribution in [0.4, 0.5) is 0 Å². The molecule has 28 heavy (non-hydrogen) atoms. The molecule has 1 heterocycles. The lowest BCUT2D eigenvalue weighted by Gasteiger charge is -2.21. The van der Waals surface area contributed by atoms with Gasteiger partial charge in [0.05, 0.1) is 5.92 Å². The summed E-state index contributed by atoms with van der Waals surface area (Å²) in [6.07, 6.45) is 5.60. The van der Waals surface area contributed by atoms with Gasteiger partial charge in [-0.25, -0.2) is 4.79 Å². The summed E-state index contributed by atoms with van der Waals surface area (Å²) < 4.78 is 0. The highest BCUT2D eigenvalue weighted by Crippen LogP contribution is 2.22. The lowest BCUT2D eigenvalue weighted by molar-refractivity contribution is -0.142. The molecule has 1 aromatic carbocycles. The van der Waals surface area contributed by atoms with Crippen LogP contribution < -0.4 is 11.1 Å². The van der Waals surface area contributed by atoms with Crippen LogP contribution in [0.2, 0.25) is 0 Å². The monoisotopic (exact) mass is 382 g/mol. The van der Waals surface area contributed by atoms with Crippen molar-refractivity contribution in [3.63, 3.8) is 0 Å². The number of carboxylic acids is 1. The summed E-state index contributed by atoms with van der Waals surface area (Å²) in [6.45, 7) is 1.98. The van der Waals surface area contributed by atoms with Crippen LogP contribution >= 0.6 is 0 Å². The maximum Gasteiger partial charge on any atom is 0.326 e. The Morgan fingerprint density at radius 1 is 1.25 bits per heavy atom. The molecule has 1 aromatic heterocycles. The highest BCUT2D eigenvalue weighted by atomic mass is 16.4. The Bertz CT molecular complexity index is 806. The zero-order valence-corrected chi connectivity index (χ0v) is 15.9. The van der Waals surface area contributed by atoms with Crippen molar-refractivity contribution in [1.29, 1.82) is 5.41 Å². The summed E-state index contributed by atoms with van der Waals surface area (Å²) in [5.74, 6) is -1.96. The number of amidine groups is 1. The highest BCUT2D eigenvalue weighted by Gasteiger charge is 2.26. The molecular formula is C21H26N4O3. The van der Waals surface area contributed by atoms with E-state index in [-0.39, 0.29) is 11.7 Å². The highest BCUT2D eigenvalue weighted by molar-refractivity contribution is 5.95. The van der Waals surface area contributed by atoms with Gasteiger partial charge in [-0.3, -0.25) is 15.2 Å². The van der Waals surface area contributed by atoms with Gasteiger partial charge < -0.3 is 16.2 Å². The molecule has 0 bridgehead atoms. The van der Waals surface area contributed by atoms with E-state index in [9.17, 15) is 14.7 Å². The summed E-state index contributed by atoms with van der Waals surface area (Å²) in [7, 11) is 0. The third kappa shape index (κ3) is 5.90. The van der Waals surface area contributed by atoms with E-state index >= 15 is 0 Å². The number of nitrogens with one attached hydrogen (secondary N) is 2. The molecule has 0 spiro atoms. The molecule has 2 atom stereocenters. The summed E-state index contributed by atoms with van der Waals surface area (Å²) in [5.41, 5.74) is 7.69. The van der Waals surface area contributed by atoms with Crippen LogP contribution in [-0.4, -0.2) is 33.8 Å². The number of carbonyl (C=O) groups is 2. The third-order valence-electron chi connectivity index (χ3n) is 4.57. The quantitative estimate of drug-likeness (QED) is 0.370. The minimum absolute atomic E-state index is 0.0201. The van der Waals surface area contributed by atoms with Crippen molar-refractivity contribution in [2.75, 3.05) is 0 Å². The number of benzene rings is 1. The van der Waals surface area contributed by atoms with Crippen molar-refractivity contribution >= 4 is 17.7 Å². The summed E-state index contributed by atoms with van der Waals surface area (Å²) >= 11 is 0. The Morgan fingerprint density at radius 3 is 2.50 bits per heavy atom. The van der Waals surface area contributed by atoms with Crippen LogP contribution in [0.15, 0.2) is 48.8 Å². The molecule has 1 unspecified atom stereocenters. The smallest absolute Gasteiger partial charge is 0.326 e. The van der Waals surface area contributed by atoms with E-state index < -0.39 is 17.9 Å². The Hall–Kier alpha value is -3.22. The molecule has 7 nitrogen and oxygen atoms in total. The van der Waals surface area contributed by atoms with Crippen LogP contribution in [0.3, 0.4) is 0 Å². The molecule has 2 aromatic rings. The van der Waals surface area contributed by atoms with Gasteiger partial charge in [0.2, 0.25) is 5.91 Å². The van der Waals surface area contributed by atoms with Gasteiger partial charge in [-0.2, -0.15) is 0 Å². The molecule has 0 aliphatic rings. The van der Waals surface area contributed by atoms with Crippen molar-refractivity contribution in [1.82, 2.24) is 10.3 Å². The zero-order chi connectivity index (χ0) is 20.5. The van der Waals surface area contributed by atoms with E-state index in [0.717, 1.165) is 24.0 Å². The number of nitrogen functional groups attached to an aromatic ring is 1. The molecule has 5 N–H and O–H groups in total. The first-order chi connectivity index (χ1) is 13.4. The van der Waals surface area contributed by atoms with Crippen LogP contribution in [0.1, 0.15) is 48.8 Å². The number of aromatic nitrogens is 1. The molecule has 7 heteroatoms. The van der Waals surface area contributed by atoms with Gasteiger partial charge in [0.1, 0.15) is 11.9 Å². The summed E-state index contributed by atoms with van der Waals surface area (Å²) in [4.78, 5) is 28.5. The minimum Gasteiger partial charge on any atom is -0.480 e. The summed E-state index contributed by atoms with van der Waals surface area (Å²) in [5, 5.41) is 19.6. The van der Waals surface area contributed by atoms with Crippen LogP contribution in [0, 0.1) is 5.41 Å². The maximum atomic E-state index is 12.9. The second-order valence-corrected chi connectivity index (χ2v) is 6.70.